The van der Waals surface area contributed by atoms with E-state index in [9.17, 15) is 9.59 Å². The summed E-state index contributed by atoms with van der Waals surface area (Å²) in [6, 6.07) is 16.1. The second kappa shape index (κ2) is 13.9. The predicted octanol–water partition coefficient (Wildman–Crippen LogP) is 6.62. The van der Waals surface area contributed by atoms with Gasteiger partial charge in [0.15, 0.2) is 0 Å². The highest BCUT2D eigenvalue weighted by molar-refractivity contribution is 6.01. The van der Waals surface area contributed by atoms with E-state index in [4.69, 9.17) is 0 Å². The van der Waals surface area contributed by atoms with E-state index in [1.807, 2.05) is 79.7 Å². The van der Waals surface area contributed by atoms with Gasteiger partial charge in [0, 0.05) is 36.6 Å². The molecule has 3 aromatic rings. The van der Waals surface area contributed by atoms with Crippen molar-refractivity contribution < 1.29 is 9.59 Å². The predicted molar refractivity (Wildman–Crippen MR) is 155 cm³/mol. The van der Waals surface area contributed by atoms with Crippen LogP contribution in [0.4, 0.5) is 5.69 Å². The Labute approximate surface area is 227 Å². The average molecular weight is 518 g/mol. The number of nitrogens with one attached hydrogen (secondary N) is 1. The van der Waals surface area contributed by atoms with Crippen LogP contribution in [0.15, 0.2) is 48.5 Å². The number of hydrogen-bond donors (Lipinski definition) is 1. The summed E-state index contributed by atoms with van der Waals surface area (Å²) in [6.45, 7) is 13.5. The molecular weight excluding hydrogens is 474 g/mol. The van der Waals surface area contributed by atoms with Crippen LogP contribution in [0.2, 0.25) is 0 Å². The highest BCUT2D eigenvalue weighted by Crippen LogP contribution is 2.41. The topological polar surface area (TPSA) is 80.1 Å². The third-order valence-corrected chi connectivity index (χ3v) is 6.50. The van der Waals surface area contributed by atoms with E-state index in [0.717, 1.165) is 53.2 Å². The number of nitrogens with zero attached hydrogens (tertiary/aromatic N) is 4. The first-order valence-corrected chi connectivity index (χ1v) is 14.1. The van der Waals surface area contributed by atoms with Crippen molar-refractivity contribution in [1.82, 2.24) is 20.3 Å². The fourth-order valence-corrected chi connectivity index (χ4v) is 4.76. The van der Waals surface area contributed by atoms with E-state index in [-0.39, 0.29) is 30.7 Å². The van der Waals surface area contributed by atoms with Crippen molar-refractivity contribution in [2.75, 3.05) is 4.90 Å². The summed E-state index contributed by atoms with van der Waals surface area (Å²) in [4.78, 5) is 27.6. The quantitative estimate of drug-likeness (QED) is 0.324. The van der Waals surface area contributed by atoms with Gasteiger partial charge in [0.1, 0.15) is 5.69 Å². The summed E-state index contributed by atoms with van der Waals surface area (Å²) in [6.07, 6.45) is 3.65. The highest BCUT2D eigenvalue weighted by Gasteiger charge is 2.29. The Morgan fingerprint density at radius 1 is 0.921 bits per heavy atom. The van der Waals surface area contributed by atoms with Gasteiger partial charge < -0.3 is 10.2 Å². The largest absolute Gasteiger partial charge is 0.354 e. The Hall–Kier alpha value is -3.48. The lowest BCUT2D eigenvalue weighted by Crippen LogP contribution is -2.34. The van der Waals surface area contributed by atoms with Crippen molar-refractivity contribution in [2.45, 2.75) is 92.8 Å². The number of amides is 2. The zero-order chi connectivity index (χ0) is 27.7. The van der Waals surface area contributed by atoms with Gasteiger partial charge in [0.2, 0.25) is 11.8 Å². The first-order chi connectivity index (χ1) is 18.3. The summed E-state index contributed by atoms with van der Waals surface area (Å²) in [5, 5.41) is 12.1. The van der Waals surface area contributed by atoms with Gasteiger partial charge in [-0.3, -0.25) is 9.59 Å². The maximum Gasteiger partial charge on any atom is 0.227 e. The third kappa shape index (κ3) is 7.09. The average Bonchev–Trinajstić information content (AvgIpc) is 3.31. The summed E-state index contributed by atoms with van der Waals surface area (Å²) >= 11 is 0. The van der Waals surface area contributed by atoms with Crippen LogP contribution in [-0.2, 0) is 22.7 Å². The Kier molecular flexibility index (Phi) is 10.6. The minimum absolute atomic E-state index is 0.0497. The summed E-state index contributed by atoms with van der Waals surface area (Å²) in [5.41, 5.74) is 5.57. The van der Waals surface area contributed by atoms with E-state index in [1.165, 1.54) is 6.42 Å². The number of rotatable bonds is 9. The van der Waals surface area contributed by atoms with Gasteiger partial charge in [-0.15, -0.1) is 5.10 Å². The molecule has 0 unspecified atom stereocenters. The summed E-state index contributed by atoms with van der Waals surface area (Å²) in [5.74, 6) is 0.497. The summed E-state index contributed by atoms with van der Waals surface area (Å²) in [7, 11) is 0. The number of carbonyl (C=O) groups excluding carboxylic acids is 2. The molecular formula is C31H43N5O2. The smallest absolute Gasteiger partial charge is 0.227 e. The number of unbranched alkanes of at least 4 members (excludes halogenated alkanes) is 1. The number of anilines is 1. The van der Waals surface area contributed by atoms with E-state index in [2.05, 4.69) is 35.5 Å². The van der Waals surface area contributed by atoms with Crippen LogP contribution < -0.4 is 10.2 Å². The number of para-hydroxylation sites is 1. The second-order valence-corrected chi connectivity index (χ2v) is 10.3. The number of benzene rings is 2. The molecule has 2 aromatic carbocycles. The Morgan fingerprint density at radius 3 is 2.32 bits per heavy atom. The SMILES string of the molecule is CC.CC(C)CCCCn1nnc2c1-c1ccccc1N(C(=O)CCC(=O)NC(C)C)Cc1ccccc1-2. The van der Waals surface area contributed by atoms with E-state index < -0.39 is 0 Å². The van der Waals surface area contributed by atoms with Crippen LogP contribution in [0.3, 0.4) is 0 Å². The molecule has 0 aliphatic carbocycles. The molecule has 0 atom stereocenters. The molecule has 0 saturated carbocycles. The number of aryl methyl sites for hydroxylation is 1. The van der Waals surface area contributed by atoms with E-state index >= 15 is 0 Å². The Morgan fingerprint density at radius 2 is 1.61 bits per heavy atom. The molecule has 1 aliphatic rings. The number of aromatic nitrogens is 3. The van der Waals surface area contributed by atoms with Crippen molar-refractivity contribution in [1.29, 1.82) is 0 Å². The molecule has 0 spiro atoms. The molecule has 2 heterocycles. The Bertz CT molecular complexity index is 1210. The first kappa shape index (κ1) is 29.1. The van der Waals surface area contributed by atoms with Crippen LogP contribution in [0.1, 0.15) is 79.2 Å². The van der Waals surface area contributed by atoms with Crippen molar-refractivity contribution in [3.05, 3.63) is 54.1 Å². The first-order valence-electron chi connectivity index (χ1n) is 14.1. The molecule has 1 aromatic heterocycles. The molecule has 0 bridgehead atoms. The minimum Gasteiger partial charge on any atom is -0.354 e. The van der Waals surface area contributed by atoms with Crippen LogP contribution in [-0.4, -0.2) is 32.9 Å². The van der Waals surface area contributed by atoms with Gasteiger partial charge >= 0.3 is 0 Å². The van der Waals surface area contributed by atoms with Gasteiger partial charge in [-0.1, -0.05) is 88.2 Å². The highest BCUT2D eigenvalue weighted by atomic mass is 16.2. The van der Waals surface area contributed by atoms with Crippen molar-refractivity contribution >= 4 is 17.5 Å². The van der Waals surface area contributed by atoms with Crippen LogP contribution >= 0.6 is 0 Å². The third-order valence-electron chi connectivity index (χ3n) is 6.50. The van der Waals surface area contributed by atoms with Gasteiger partial charge in [-0.25, -0.2) is 4.68 Å². The van der Waals surface area contributed by atoms with Crippen LogP contribution in [0, 0.1) is 5.92 Å². The van der Waals surface area contributed by atoms with Crippen LogP contribution in [0.5, 0.6) is 0 Å². The lowest BCUT2D eigenvalue weighted by Gasteiger charge is -2.29. The van der Waals surface area contributed by atoms with Crippen LogP contribution in [0.25, 0.3) is 22.5 Å². The second-order valence-electron chi connectivity index (χ2n) is 10.3. The zero-order valence-electron chi connectivity index (χ0n) is 23.8. The minimum atomic E-state index is -0.106. The monoisotopic (exact) mass is 517 g/mol. The van der Waals surface area contributed by atoms with E-state index in [0.29, 0.717) is 12.5 Å². The van der Waals surface area contributed by atoms with Gasteiger partial charge in [-0.05, 0) is 37.8 Å². The molecule has 1 aliphatic heterocycles. The van der Waals surface area contributed by atoms with Gasteiger partial charge in [0.05, 0.1) is 17.9 Å². The number of hydrogen-bond acceptors (Lipinski definition) is 4. The molecule has 0 fully saturated rings. The number of carbonyl (C=O) groups is 2. The van der Waals surface area contributed by atoms with E-state index in [1.54, 1.807) is 0 Å². The fraction of sp³-hybridized carbons (Fsp3) is 0.484. The lowest BCUT2D eigenvalue weighted by molar-refractivity contribution is -0.125. The molecule has 2 amide bonds. The molecule has 0 saturated heterocycles. The van der Waals surface area contributed by atoms with Crippen molar-refractivity contribution in [3.63, 3.8) is 0 Å². The molecule has 0 radical (unpaired) electrons. The van der Waals surface area contributed by atoms with Gasteiger partial charge in [-0.2, -0.15) is 0 Å². The molecule has 38 heavy (non-hydrogen) atoms. The molecule has 1 N–H and O–H groups in total. The molecule has 204 valence electrons. The van der Waals surface area contributed by atoms with Gasteiger partial charge in [0.25, 0.3) is 0 Å². The summed E-state index contributed by atoms with van der Waals surface area (Å²) < 4.78 is 2.00. The maximum atomic E-state index is 13.5. The standard InChI is InChI=1S/C29H37N5O2.C2H6/c1-20(2)11-9-10-18-34-29-24-14-7-8-15-25(24)33(27(36)17-16-26(35)30-21(3)4)19-22-12-5-6-13-23(22)28(29)31-32-34;1-2/h5-8,12-15,20-21H,9-11,16-19H2,1-4H3,(H,30,35);1-2H3. The molecule has 7 nitrogen and oxygen atoms in total. The number of fused-ring (bicyclic) bond motifs is 5. The zero-order valence-corrected chi connectivity index (χ0v) is 23.8. The van der Waals surface area contributed by atoms with Crippen molar-refractivity contribution in [3.8, 4) is 22.5 Å². The molecule has 4 rings (SSSR count). The Balaban J connectivity index is 0.00000195. The normalized spacial score (nSPS) is 12.1. The van der Waals surface area contributed by atoms with Crippen molar-refractivity contribution in [2.24, 2.45) is 5.92 Å². The molecule has 7 heteroatoms. The fourth-order valence-electron chi connectivity index (χ4n) is 4.76. The lowest BCUT2D eigenvalue weighted by atomic mass is 9.95. The maximum absolute atomic E-state index is 13.5.